The van der Waals surface area contributed by atoms with Crippen molar-refractivity contribution in [1.82, 2.24) is 9.62 Å². The summed E-state index contributed by atoms with van der Waals surface area (Å²) < 4.78 is 31.6. The fourth-order valence-corrected chi connectivity index (χ4v) is 3.50. The molecule has 0 bridgehead atoms. The predicted octanol–water partition coefficient (Wildman–Crippen LogP) is 2.33. The van der Waals surface area contributed by atoms with Crippen molar-refractivity contribution in [3.05, 3.63) is 59.7 Å². The highest BCUT2D eigenvalue weighted by Gasteiger charge is 2.22. The van der Waals surface area contributed by atoms with Gasteiger partial charge < -0.3 is 10.1 Å². The van der Waals surface area contributed by atoms with Gasteiger partial charge in [-0.2, -0.15) is 4.31 Å². The number of rotatable bonds is 8. The summed E-state index contributed by atoms with van der Waals surface area (Å²) in [5, 5.41) is 2.74. The Balaban J connectivity index is 1.98. The summed E-state index contributed by atoms with van der Waals surface area (Å²) in [4.78, 5) is 12.3. The zero-order chi connectivity index (χ0) is 19.2. The summed E-state index contributed by atoms with van der Waals surface area (Å²) in [7, 11) is -2.31. The Morgan fingerprint density at radius 1 is 1.12 bits per heavy atom. The van der Waals surface area contributed by atoms with Crippen LogP contribution in [0.1, 0.15) is 18.1 Å². The van der Waals surface area contributed by atoms with E-state index in [1.54, 1.807) is 12.1 Å². The Labute approximate surface area is 154 Å². The summed E-state index contributed by atoms with van der Waals surface area (Å²) in [5.41, 5.74) is 1.81. The molecule has 6 nitrogen and oxygen atoms in total. The Morgan fingerprint density at radius 2 is 1.77 bits per heavy atom. The smallest absolute Gasteiger partial charge is 0.243 e. The predicted molar refractivity (Wildman–Crippen MR) is 100 cm³/mol. The molecular formula is C19H24N2O4S. The summed E-state index contributed by atoms with van der Waals surface area (Å²) in [6.45, 7) is 4.32. The number of amides is 1. The van der Waals surface area contributed by atoms with Gasteiger partial charge in [0.25, 0.3) is 0 Å². The number of nitrogens with zero attached hydrogens (tertiary/aromatic N) is 1. The van der Waals surface area contributed by atoms with Crippen molar-refractivity contribution in [2.45, 2.75) is 25.3 Å². The van der Waals surface area contributed by atoms with Crippen molar-refractivity contribution in [3.63, 3.8) is 0 Å². The van der Waals surface area contributed by atoms with Gasteiger partial charge in [0.2, 0.25) is 15.9 Å². The minimum atomic E-state index is -3.70. The Hall–Kier alpha value is -2.38. The molecule has 0 aromatic heterocycles. The molecule has 2 rings (SSSR count). The SMILES string of the molecule is CCOc1ccccc1CNC(=O)CN(C)S(=O)(=O)c1ccc(C)cc1. The molecule has 0 atom stereocenters. The molecule has 0 spiro atoms. The van der Waals surface area contributed by atoms with Crippen LogP contribution < -0.4 is 10.1 Å². The normalized spacial score (nSPS) is 11.4. The lowest BCUT2D eigenvalue weighted by Gasteiger charge is -2.17. The molecule has 0 radical (unpaired) electrons. The average Bonchev–Trinajstić information content (AvgIpc) is 2.61. The second kappa shape index (κ2) is 8.82. The maximum absolute atomic E-state index is 12.5. The molecule has 0 heterocycles. The highest BCUT2D eigenvalue weighted by molar-refractivity contribution is 7.89. The molecule has 0 saturated carbocycles. The molecule has 0 aliphatic heterocycles. The molecule has 1 N–H and O–H groups in total. The topological polar surface area (TPSA) is 75.7 Å². The van der Waals surface area contributed by atoms with Crippen molar-refractivity contribution in [2.24, 2.45) is 0 Å². The molecular weight excluding hydrogens is 352 g/mol. The lowest BCUT2D eigenvalue weighted by atomic mass is 10.2. The van der Waals surface area contributed by atoms with Crippen LogP contribution in [0.5, 0.6) is 5.75 Å². The highest BCUT2D eigenvalue weighted by Crippen LogP contribution is 2.18. The van der Waals surface area contributed by atoms with Gasteiger partial charge in [-0.05, 0) is 32.0 Å². The van der Waals surface area contributed by atoms with E-state index in [0.29, 0.717) is 12.4 Å². The van der Waals surface area contributed by atoms with E-state index in [1.807, 2.05) is 38.1 Å². The van der Waals surface area contributed by atoms with E-state index in [9.17, 15) is 13.2 Å². The number of nitrogens with one attached hydrogen (secondary N) is 1. The van der Waals surface area contributed by atoms with Crippen LogP contribution in [0.2, 0.25) is 0 Å². The molecule has 0 fully saturated rings. The summed E-state index contributed by atoms with van der Waals surface area (Å²) in [5.74, 6) is 0.324. The number of likely N-dealkylation sites (N-methyl/N-ethyl adjacent to an activating group) is 1. The number of para-hydroxylation sites is 1. The van der Waals surface area contributed by atoms with E-state index >= 15 is 0 Å². The standard InChI is InChI=1S/C19H24N2O4S/c1-4-25-18-8-6-5-7-16(18)13-20-19(22)14-21(3)26(23,24)17-11-9-15(2)10-12-17/h5-12H,4,13-14H2,1-3H3,(H,20,22). The van der Waals surface area contributed by atoms with Gasteiger partial charge in [-0.1, -0.05) is 35.9 Å². The van der Waals surface area contributed by atoms with Gasteiger partial charge in [0, 0.05) is 19.2 Å². The lowest BCUT2D eigenvalue weighted by molar-refractivity contribution is -0.121. The van der Waals surface area contributed by atoms with E-state index in [0.717, 1.165) is 15.4 Å². The van der Waals surface area contributed by atoms with Crippen molar-refractivity contribution in [1.29, 1.82) is 0 Å². The minimum absolute atomic E-state index is 0.167. The minimum Gasteiger partial charge on any atom is -0.494 e. The first-order valence-corrected chi connectivity index (χ1v) is 9.79. The summed E-state index contributed by atoms with van der Waals surface area (Å²) in [6.07, 6.45) is 0. The van der Waals surface area contributed by atoms with Crippen LogP contribution in [-0.2, 0) is 21.4 Å². The molecule has 26 heavy (non-hydrogen) atoms. The van der Waals surface area contributed by atoms with Crippen LogP contribution >= 0.6 is 0 Å². The zero-order valence-corrected chi connectivity index (χ0v) is 16.0. The third-order valence-corrected chi connectivity index (χ3v) is 5.66. The van der Waals surface area contributed by atoms with Crippen LogP contribution in [-0.4, -0.2) is 38.8 Å². The first kappa shape index (κ1) is 19.9. The van der Waals surface area contributed by atoms with Crippen LogP contribution in [0.3, 0.4) is 0 Å². The molecule has 140 valence electrons. The van der Waals surface area contributed by atoms with Crippen molar-refractivity contribution >= 4 is 15.9 Å². The monoisotopic (exact) mass is 376 g/mol. The fraction of sp³-hybridized carbons (Fsp3) is 0.316. The van der Waals surface area contributed by atoms with Crippen LogP contribution in [0.25, 0.3) is 0 Å². The number of ether oxygens (including phenoxy) is 1. The summed E-state index contributed by atoms with van der Waals surface area (Å²) >= 11 is 0. The maximum atomic E-state index is 12.5. The van der Waals surface area contributed by atoms with Gasteiger partial charge in [0.05, 0.1) is 18.0 Å². The Kier molecular flexibility index (Phi) is 6.76. The number of carbonyl (C=O) groups is 1. The highest BCUT2D eigenvalue weighted by atomic mass is 32.2. The van der Waals surface area contributed by atoms with Gasteiger partial charge in [-0.25, -0.2) is 8.42 Å². The van der Waals surface area contributed by atoms with Gasteiger partial charge in [-0.3, -0.25) is 4.79 Å². The molecule has 0 unspecified atom stereocenters. The molecule has 0 aliphatic rings. The number of sulfonamides is 1. The average molecular weight is 376 g/mol. The van der Waals surface area contributed by atoms with Gasteiger partial charge in [-0.15, -0.1) is 0 Å². The number of benzene rings is 2. The third-order valence-electron chi connectivity index (χ3n) is 3.84. The first-order chi connectivity index (χ1) is 12.3. The number of aryl methyl sites for hydroxylation is 1. The molecule has 0 saturated heterocycles. The van der Waals surface area contributed by atoms with E-state index in [2.05, 4.69) is 5.32 Å². The molecule has 7 heteroatoms. The zero-order valence-electron chi connectivity index (χ0n) is 15.2. The first-order valence-electron chi connectivity index (χ1n) is 8.35. The number of carbonyl (C=O) groups excluding carboxylic acids is 1. The molecule has 2 aromatic rings. The lowest BCUT2D eigenvalue weighted by Crippen LogP contribution is -2.38. The Bertz CT molecular complexity index is 848. The maximum Gasteiger partial charge on any atom is 0.243 e. The van der Waals surface area contributed by atoms with Crippen molar-refractivity contribution in [3.8, 4) is 5.75 Å². The van der Waals surface area contributed by atoms with Gasteiger partial charge >= 0.3 is 0 Å². The quantitative estimate of drug-likeness (QED) is 0.767. The van der Waals surface area contributed by atoms with Crippen LogP contribution in [0, 0.1) is 6.92 Å². The van der Waals surface area contributed by atoms with Gasteiger partial charge in [0.1, 0.15) is 5.75 Å². The molecule has 0 aliphatic carbocycles. The van der Waals surface area contributed by atoms with E-state index in [4.69, 9.17) is 4.74 Å². The van der Waals surface area contributed by atoms with E-state index < -0.39 is 10.0 Å². The van der Waals surface area contributed by atoms with E-state index in [-0.39, 0.29) is 23.9 Å². The number of hydrogen-bond acceptors (Lipinski definition) is 4. The number of hydrogen-bond donors (Lipinski definition) is 1. The molecule has 1 amide bonds. The summed E-state index contributed by atoms with van der Waals surface area (Å²) in [6, 6.07) is 13.9. The largest absolute Gasteiger partial charge is 0.494 e. The van der Waals surface area contributed by atoms with Crippen molar-refractivity contribution < 1.29 is 17.9 Å². The van der Waals surface area contributed by atoms with Crippen LogP contribution in [0.15, 0.2) is 53.4 Å². The van der Waals surface area contributed by atoms with Crippen molar-refractivity contribution in [2.75, 3.05) is 20.2 Å². The second-order valence-electron chi connectivity index (χ2n) is 5.89. The van der Waals surface area contributed by atoms with Gasteiger partial charge in [0.15, 0.2) is 0 Å². The fourth-order valence-electron chi connectivity index (χ4n) is 2.37. The van der Waals surface area contributed by atoms with E-state index in [1.165, 1.54) is 19.2 Å². The molecule has 2 aromatic carbocycles. The third kappa shape index (κ3) is 5.06. The second-order valence-corrected chi connectivity index (χ2v) is 7.94. The van der Waals surface area contributed by atoms with Crippen LogP contribution in [0.4, 0.5) is 0 Å². The Morgan fingerprint density at radius 3 is 2.42 bits per heavy atom.